The van der Waals surface area contributed by atoms with Crippen molar-refractivity contribution in [2.75, 3.05) is 0 Å². The molecule has 0 fully saturated rings. The molecule has 22 heavy (non-hydrogen) atoms. The van der Waals surface area contributed by atoms with E-state index in [-0.39, 0.29) is 17.7 Å². The van der Waals surface area contributed by atoms with Crippen LogP contribution in [-0.4, -0.2) is 17.7 Å². The molecule has 0 saturated heterocycles. The molecule has 0 radical (unpaired) electrons. The van der Waals surface area contributed by atoms with Gasteiger partial charge in [-0.15, -0.1) is 0 Å². The maximum atomic E-state index is 12.5. The number of nitrogens with two attached hydrogens (primary N) is 3. The lowest BCUT2D eigenvalue weighted by molar-refractivity contribution is 0.103. The minimum atomic E-state index is -0.223. The topological polar surface area (TPSA) is 120 Å². The van der Waals surface area contributed by atoms with Crippen LogP contribution in [0.1, 0.15) is 15.9 Å². The number of aliphatic imine (C=N–C) groups is 2. The number of ketones is 1. The first kappa shape index (κ1) is 15.5. The monoisotopic (exact) mass is 315 g/mol. The van der Waals surface area contributed by atoms with Gasteiger partial charge in [0.2, 0.25) is 5.96 Å². The zero-order valence-electron chi connectivity index (χ0n) is 11.5. The van der Waals surface area contributed by atoms with Crippen LogP contribution in [0.25, 0.3) is 0 Å². The van der Waals surface area contributed by atoms with Crippen LogP contribution in [0, 0.1) is 0 Å². The molecule has 0 aromatic heterocycles. The Kier molecular flexibility index (Phi) is 4.75. The normalized spacial score (nSPS) is 11.0. The molecule has 2 rings (SSSR count). The van der Waals surface area contributed by atoms with Gasteiger partial charge in [0.1, 0.15) is 0 Å². The first-order valence-corrected chi connectivity index (χ1v) is 6.68. The second-order valence-corrected chi connectivity index (χ2v) is 4.80. The minimum Gasteiger partial charge on any atom is -0.370 e. The largest absolute Gasteiger partial charge is 0.370 e. The first-order valence-electron chi connectivity index (χ1n) is 6.30. The van der Waals surface area contributed by atoms with Crippen molar-refractivity contribution in [3.63, 3.8) is 0 Å². The third kappa shape index (κ3) is 3.83. The Morgan fingerprint density at radius 3 is 2.32 bits per heavy atom. The smallest absolute Gasteiger partial charge is 0.223 e. The Morgan fingerprint density at radius 2 is 1.68 bits per heavy atom. The van der Waals surface area contributed by atoms with Crippen molar-refractivity contribution in [3.05, 3.63) is 64.7 Å². The highest BCUT2D eigenvalue weighted by Crippen LogP contribution is 2.26. The van der Waals surface area contributed by atoms with Crippen molar-refractivity contribution in [1.82, 2.24) is 0 Å². The van der Waals surface area contributed by atoms with Gasteiger partial charge >= 0.3 is 0 Å². The Balaban J connectivity index is 2.49. The van der Waals surface area contributed by atoms with E-state index in [4.69, 9.17) is 28.8 Å². The molecule has 6 nitrogen and oxygen atoms in total. The van der Waals surface area contributed by atoms with Crippen molar-refractivity contribution in [1.29, 1.82) is 0 Å². The highest BCUT2D eigenvalue weighted by molar-refractivity contribution is 6.31. The lowest BCUT2D eigenvalue weighted by Gasteiger charge is -2.06. The van der Waals surface area contributed by atoms with Gasteiger partial charge < -0.3 is 17.2 Å². The summed E-state index contributed by atoms with van der Waals surface area (Å²) in [7, 11) is 0. The number of rotatable bonds is 3. The molecule has 0 atom stereocenters. The van der Waals surface area contributed by atoms with E-state index in [0.717, 1.165) is 0 Å². The zero-order valence-corrected chi connectivity index (χ0v) is 12.3. The molecule has 0 unspecified atom stereocenters. The second kappa shape index (κ2) is 6.73. The fraction of sp³-hybridized carbons (Fsp3) is 0. The number of hydrogen-bond acceptors (Lipinski definition) is 2. The van der Waals surface area contributed by atoms with Gasteiger partial charge in [0.15, 0.2) is 11.7 Å². The molecule has 7 heteroatoms. The zero-order chi connectivity index (χ0) is 16.1. The molecule has 0 aliphatic heterocycles. The summed E-state index contributed by atoms with van der Waals surface area (Å²) in [4.78, 5) is 20.2. The van der Waals surface area contributed by atoms with E-state index in [1.54, 1.807) is 36.4 Å². The summed E-state index contributed by atoms with van der Waals surface area (Å²) in [6.07, 6.45) is 0. The van der Waals surface area contributed by atoms with E-state index in [0.29, 0.717) is 21.8 Å². The van der Waals surface area contributed by atoms with Gasteiger partial charge in [-0.05, 0) is 18.2 Å². The summed E-state index contributed by atoms with van der Waals surface area (Å²) >= 11 is 5.95. The summed E-state index contributed by atoms with van der Waals surface area (Å²) < 4.78 is 0. The third-order valence-corrected chi connectivity index (χ3v) is 2.95. The SMILES string of the molecule is NC(N)=NC(N)=Nc1cc(Cl)ccc1C(=O)c1ccccc1. The van der Waals surface area contributed by atoms with Crippen LogP contribution in [0.4, 0.5) is 5.69 Å². The summed E-state index contributed by atoms with van der Waals surface area (Å²) in [5.74, 6) is -0.586. The maximum Gasteiger partial charge on any atom is 0.223 e. The standard InChI is InChI=1S/C15H14ClN5O/c16-10-6-7-11(13(22)9-4-2-1-3-5-9)12(8-10)20-15(19)21-14(17)18/h1-8H,(H6,17,18,19,20,21). The highest BCUT2D eigenvalue weighted by atomic mass is 35.5. The van der Waals surface area contributed by atoms with Gasteiger partial charge in [-0.3, -0.25) is 4.79 Å². The van der Waals surface area contributed by atoms with Crippen LogP contribution in [0.3, 0.4) is 0 Å². The van der Waals surface area contributed by atoms with Crippen LogP contribution in [0.15, 0.2) is 58.5 Å². The summed E-state index contributed by atoms with van der Waals surface area (Å²) in [6.45, 7) is 0. The molecule has 2 aromatic carbocycles. The molecule has 0 bridgehead atoms. The Morgan fingerprint density at radius 1 is 1.00 bits per heavy atom. The van der Waals surface area contributed by atoms with Gasteiger partial charge in [-0.1, -0.05) is 41.9 Å². The average molecular weight is 316 g/mol. The first-order chi connectivity index (χ1) is 10.5. The fourth-order valence-electron chi connectivity index (χ4n) is 1.82. The third-order valence-electron chi connectivity index (χ3n) is 2.72. The van der Waals surface area contributed by atoms with Crippen LogP contribution in [0.2, 0.25) is 5.02 Å². The maximum absolute atomic E-state index is 12.5. The predicted octanol–water partition coefficient (Wildman–Crippen LogP) is 1.79. The molecule has 0 amide bonds. The number of carbonyl (C=O) groups excluding carboxylic acids is 1. The average Bonchev–Trinajstić information content (AvgIpc) is 2.47. The van der Waals surface area contributed by atoms with Gasteiger partial charge in [0.05, 0.1) is 5.69 Å². The van der Waals surface area contributed by atoms with Crippen LogP contribution in [0.5, 0.6) is 0 Å². The van der Waals surface area contributed by atoms with E-state index >= 15 is 0 Å². The van der Waals surface area contributed by atoms with Crippen LogP contribution < -0.4 is 17.2 Å². The molecule has 0 aliphatic rings. The number of guanidine groups is 2. The number of hydrogen-bond donors (Lipinski definition) is 3. The Labute approximate surface area is 132 Å². The quantitative estimate of drug-likeness (QED) is 0.454. The van der Waals surface area contributed by atoms with Crippen LogP contribution in [-0.2, 0) is 0 Å². The minimum absolute atomic E-state index is 0.163. The predicted molar refractivity (Wildman–Crippen MR) is 88.4 cm³/mol. The van der Waals surface area contributed by atoms with E-state index in [9.17, 15) is 4.79 Å². The van der Waals surface area contributed by atoms with Crippen molar-refractivity contribution in [3.8, 4) is 0 Å². The van der Waals surface area contributed by atoms with Crippen molar-refractivity contribution < 1.29 is 4.79 Å². The van der Waals surface area contributed by atoms with Gasteiger partial charge in [0, 0.05) is 16.1 Å². The molecule has 2 aromatic rings. The van der Waals surface area contributed by atoms with Crippen LogP contribution >= 0.6 is 11.6 Å². The molecule has 0 saturated carbocycles. The Bertz CT molecular complexity index is 752. The highest BCUT2D eigenvalue weighted by Gasteiger charge is 2.14. The van der Waals surface area contributed by atoms with Gasteiger partial charge in [-0.25, -0.2) is 4.99 Å². The molecular weight excluding hydrogens is 302 g/mol. The van der Waals surface area contributed by atoms with E-state index in [1.807, 2.05) is 6.07 Å². The molecule has 0 aliphatic carbocycles. The molecular formula is C15H14ClN5O. The number of halogens is 1. The number of benzene rings is 2. The van der Waals surface area contributed by atoms with E-state index < -0.39 is 0 Å². The molecule has 0 spiro atoms. The second-order valence-electron chi connectivity index (χ2n) is 4.36. The lowest BCUT2D eigenvalue weighted by Crippen LogP contribution is -2.26. The summed E-state index contributed by atoms with van der Waals surface area (Å²) in [5, 5.41) is 0.417. The van der Waals surface area contributed by atoms with Gasteiger partial charge in [0.25, 0.3) is 0 Å². The lowest BCUT2D eigenvalue weighted by atomic mass is 10.0. The summed E-state index contributed by atoms with van der Waals surface area (Å²) in [5.41, 5.74) is 17.3. The van der Waals surface area contributed by atoms with E-state index in [1.165, 1.54) is 6.07 Å². The van der Waals surface area contributed by atoms with Crippen molar-refractivity contribution in [2.45, 2.75) is 0 Å². The molecule has 112 valence electrons. The Hall–Kier alpha value is -2.86. The number of carbonyl (C=O) groups is 1. The summed E-state index contributed by atoms with van der Waals surface area (Å²) in [6, 6.07) is 13.5. The molecule has 6 N–H and O–H groups in total. The number of nitrogens with zero attached hydrogens (tertiary/aromatic N) is 2. The van der Waals surface area contributed by atoms with Crippen molar-refractivity contribution in [2.24, 2.45) is 27.2 Å². The van der Waals surface area contributed by atoms with E-state index in [2.05, 4.69) is 9.98 Å². The van der Waals surface area contributed by atoms with Crippen molar-refractivity contribution >= 4 is 35.0 Å². The van der Waals surface area contributed by atoms with Gasteiger partial charge in [-0.2, -0.15) is 4.99 Å². The fourth-order valence-corrected chi connectivity index (χ4v) is 1.98. The molecule has 0 heterocycles.